The van der Waals surface area contributed by atoms with Crippen LogP contribution in [0.4, 0.5) is 14.6 Å². The van der Waals surface area contributed by atoms with Crippen molar-refractivity contribution >= 4 is 5.82 Å². The SMILES string of the molecule is Nc1ncc(-c2cc([C@]34C5C(N6CCOCC6)C[C@@H]3[C@H]54)n(CC3CCC3)n2)cc1OC(F)F. The monoisotopic (exact) mass is 457 g/mol. The van der Waals surface area contributed by atoms with Gasteiger partial charge in [-0.2, -0.15) is 13.9 Å². The third kappa shape index (κ3) is 2.91. The van der Waals surface area contributed by atoms with Crippen LogP contribution >= 0.6 is 0 Å². The van der Waals surface area contributed by atoms with Crippen molar-refractivity contribution in [3.63, 3.8) is 0 Å². The van der Waals surface area contributed by atoms with Gasteiger partial charge in [-0.05, 0) is 55.1 Å². The number of nitrogen functional groups attached to an aromatic ring is 1. The fourth-order valence-electron chi connectivity index (χ4n) is 7.23. The van der Waals surface area contributed by atoms with E-state index in [2.05, 4.69) is 25.4 Å². The fraction of sp³-hybridized carbons (Fsp3) is 0.667. The minimum atomic E-state index is -2.94. The van der Waals surface area contributed by atoms with E-state index in [9.17, 15) is 8.78 Å². The molecule has 5 aliphatic carbocycles. The molecule has 0 spiro atoms. The van der Waals surface area contributed by atoms with E-state index in [0.29, 0.717) is 23.4 Å². The average molecular weight is 458 g/mol. The molecule has 0 radical (unpaired) electrons. The Morgan fingerprint density at radius 3 is 2.73 bits per heavy atom. The Hall–Kier alpha value is -2.26. The highest BCUT2D eigenvalue weighted by atomic mass is 19.3. The molecule has 1 aliphatic heterocycles. The number of aromatic nitrogens is 3. The summed E-state index contributed by atoms with van der Waals surface area (Å²) in [7, 11) is 0. The summed E-state index contributed by atoms with van der Waals surface area (Å²) in [5.74, 6) is 2.78. The Bertz CT molecular complexity index is 1080. The maximum Gasteiger partial charge on any atom is 0.387 e. The predicted octanol–water partition coefficient (Wildman–Crippen LogP) is 3.15. The van der Waals surface area contributed by atoms with E-state index in [4.69, 9.17) is 15.6 Å². The van der Waals surface area contributed by atoms with Crippen LogP contribution in [0.1, 0.15) is 31.4 Å². The molecular formula is C24H29F2N5O2. The highest BCUT2D eigenvalue weighted by Crippen LogP contribution is 2.91. The molecule has 3 heterocycles. The lowest BCUT2D eigenvalue weighted by atomic mass is 9.85. The minimum Gasteiger partial charge on any atom is -0.431 e. The van der Waals surface area contributed by atoms with E-state index in [1.807, 2.05) is 0 Å². The normalized spacial score (nSPS) is 34.9. The van der Waals surface area contributed by atoms with Crippen LogP contribution in [0.25, 0.3) is 11.3 Å². The van der Waals surface area contributed by atoms with Crippen LogP contribution in [0.15, 0.2) is 18.3 Å². The van der Waals surface area contributed by atoms with Crippen LogP contribution in [0.5, 0.6) is 5.75 Å². The summed E-state index contributed by atoms with van der Waals surface area (Å²) in [6.45, 7) is 1.74. The van der Waals surface area contributed by atoms with Crippen LogP contribution in [0.3, 0.4) is 0 Å². The van der Waals surface area contributed by atoms with E-state index in [1.165, 1.54) is 37.4 Å². The van der Waals surface area contributed by atoms with E-state index in [-0.39, 0.29) is 17.0 Å². The van der Waals surface area contributed by atoms with Crippen molar-refractivity contribution in [2.75, 3.05) is 32.0 Å². The molecule has 0 aromatic carbocycles. The van der Waals surface area contributed by atoms with Gasteiger partial charge in [0.1, 0.15) is 0 Å². The van der Waals surface area contributed by atoms with Crippen LogP contribution < -0.4 is 10.5 Å². The van der Waals surface area contributed by atoms with Gasteiger partial charge in [0.25, 0.3) is 0 Å². The molecule has 2 N–H and O–H groups in total. The number of alkyl halides is 2. The van der Waals surface area contributed by atoms with Crippen molar-refractivity contribution in [1.82, 2.24) is 19.7 Å². The minimum absolute atomic E-state index is 0.0392. The summed E-state index contributed by atoms with van der Waals surface area (Å²) in [6, 6.07) is 4.38. The van der Waals surface area contributed by atoms with Gasteiger partial charge in [-0.15, -0.1) is 0 Å². The molecule has 2 aromatic rings. The van der Waals surface area contributed by atoms with Crippen LogP contribution in [0, 0.1) is 23.7 Å². The molecule has 8 rings (SSSR count). The molecule has 176 valence electrons. The Morgan fingerprint density at radius 2 is 2.03 bits per heavy atom. The van der Waals surface area contributed by atoms with Gasteiger partial charge in [-0.25, -0.2) is 4.98 Å². The summed E-state index contributed by atoms with van der Waals surface area (Å²) >= 11 is 0. The summed E-state index contributed by atoms with van der Waals surface area (Å²) in [4.78, 5) is 6.73. The number of morpholine rings is 1. The van der Waals surface area contributed by atoms with Crippen LogP contribution in [-0.2, 0) is 16.7 Å². The van der Waals surface area contributed by atoms with Crippen LogP contribution in [-0.4, -0.2) is 58.6 Å². The molecule has 1 saturated heterocycles. The Morgan fingerprint density at radius 1 is 1.21 bits per heavy atom. The van der Waals surface area contributed by atoms with E-state index in [1.54, 1.807) is 6.20 Å². The molecule has 6 fully saturated rings. The number of nitrogens with two attached hydrogens (primary N) is 1. The quantitative estimate of drug-likeness (QED) is 0.688. The molecule has 2 unspecified atom stereocenters. The zero-order chi connectivity index (χ0) is 22.3. The molecule has 5 atom stereocenters. The topological polar surface area (TPSA) is 78.4 Å². The molecule has 2 bridgehead atoms. The Balaban J connectivity index is 1.21. The number of anilines is 1. The van der Waals surface area contributed by atoms with Gasteiger partial charge in [0.05, 0.1) is 18.9 Å². The summed E-state index contributed by atoms with van der Waals surface area (Å²) in [5.41, 5.74) is 8.79. The lowest BCUT2D eigenvalue weighted by Crippen LogP contribution is -2.43. The van der Waals surface area contributed by atoms with Crippen molar-refractivity contribution in [2.24, 2.45) is 23.7 Å². The van der Waals surface area contributed by atoms with Crippen molar-refractivity contribution in [3.8, 4) is 17.0 Å². The number of fused-ring (bicyclic) bond motifs is 1. The molecule has 2 aromatic heterocycles. The zero-order valence-corrected chi connectivity index (χ0v) is 18.5. The van der Waals surface area contributed by atoms with Gasteiger partial charge in [-0.1, -0.05) is 6.42 Å². The standard InChI is InChI=1S/C24H29F2N5O2/c25-23(26)33-18-8-14(11-28-22(18)27)16-10-19(31(29-16)12-13-2-1-3-13)24-15-9-17(21(24)20(15)24)30-4-6-32-7-5-30/h8,10-11,13,15,17,20-21,23H,1-7,9,12H2,(H2,27,28)/t15-,17?,20-,21?,24-/m1/s1. The first-order valence-electron chi connectivity index (χ1n) is 12.2. The van der Waals surface area contributed by atoms with Crippen molar-refractivity contribution in [2.45, 2.75) is 50.3 Å². The largest absolute Gasteiger partial charge is 0.431 e. The van der Waals surface area contributed by atoms with Gasteiger partial charge in [0.2, 0.25) is 0 Å². The van der Waals surface area contributed by atoms with E-state index in [0.717, 1.165) is 50.4 Å². The Labute approximate surface area is 191 Å². The first-order valence-corrected chi connectivity index (χ1v) is 12.2. The lowest BCUT2D eigenvalue weighted by Gasteiger charge is -2.32. The number of hydrogen-bond acceptors (Lipinski definition) is 6. The third-order valence-corrected chi connectivity index (χ3v) is 9.02. The maximum absolute atomic E-state index is 12.8. The third-order valence-electron chi connectivity index (χ3n) is 9.02. The molecule has 5 saturated carbocycles. The highest BCUT2D eigenvalue weighted by Gasteiger charge is 2.93. The van der Waals surface area contributed by atoms with Gasteiger partial charge in [-0.3, -0.25) is 9.58 Å². The number of hydrogen-bond donors (Lipinski definition) is 1. The second-order valence-corrected chi connectivity index (χ2v) is 10.4. The average Bonchev–Trinajstić information content (AvgIpc) is 3.35. The number of pyridine rings is 1. The fourth-order valence-corrected chi connectivity index (χ4v) is 7.23. The molecule has 0 amide bonds. The second kappa shape index (κ2) is 7.12. The lowest BCUT2D eigenvalue weighted by molar-refractivity contribution is -0.0494. The molecular weight excluding hydrogens is 428 g/mol. The summed E-state index contributed by atoms with van der Waals surface area (Å²) < 4.78 is 38.0. The summed E-state index contributed by atoms with van der Waals surface area (Å²) in [5, 5.41) is 4.98. The van der Waals surface area contributed by atoms with Crippen molar-refractivity contribution < 1.29 is 18.3 Å². The summed E-state index contributed by atoms with van der Waals surface area (Å²) in [6.07, 6.45) is 6.68. The number of halogens is 2. The Kier molecular flexibility index (Phi) is 4.35. The molecule has 9 heteroatoms. The van der Waals surface area contributed by atoms with Crippen molar-refractivity contribution in [3.05, 3.63) is 24.0 Å². The smallest absolute Gasteiger partial charge is 0.387 e. The molecule has 33 heavy (non-hydrogen) atoms. The van der Waals surface area contributed by atoms with Crippen LogP contribution in [0.2, 0.25) is 0 Å². The number of rotatable bonds is 7. The van der Waals surface area contributed by atoms with E-state index < -0.39 is 6.61 Å². The number of nitrogens with zero attached hydrogens (tertiary/aromatic N) is 4. The van der Waals surface area contributed by atoms with E-state index >= 15 is 0 Å². The predicted molar refractivity (Wildman–Crippen MR) is 117 cm³/mol. The molecule has 6 aliphatic rings. The van der Waals surface area contributed by atoms with Crippen molar-refractivity contribution in [1.29, 1.82) is 0 Å². The van der Waals surface area contributed by atoms with Gasteiger partial charge in [0.15, 0.2) is 11.6 Å². The van der Waals surface area contributed by atoms with Gasteiger partial charge < -0.3 is 15.2 Å². The van der Waals surface area contributed by atoms with Gasteiger partial charge in [0, 0.05) is 48.5 Å². The maximum atomic E-state index is 12.8. The molecule has 7 nitrogen and oxygen atoms in total. The zero-order valence-electron chi connectivity index (χ0n) is 18.5. The first kappa shape index (κ1) is 20.1. The van der Waals surface area contributed by atoms with Gasteiger partial charge >= 0.3 is 6.61 Å². The highest BCUT2D eigenvalue weighted by molar-refractivity contribution is 5.66. The second-order valence-electron chi connectivity index (χ2n) is 10.4. The number of ether oxygens (including phenoxy) is 2. The first-order chi connectivity index (χ1) is 16.1.